The number of nitrogens with two attached hydrogens (primary N) is 1. The van der Waals surface area contributed by atoms with E-state index < -0.39 is 0 Å². The maximum absolute atomic E-state index is 5.61. The Morgan fingerprint density at radius 3 is 2.61 bits per heavy atom. The third-order valence-electron chi connectivity index (χ3n) is 2.86. The van der Waals surface area contributed by atoms with Gasteiger partial charge in [-0.2, -0.15) is 0 Å². The van der Waals surface area contributed by atoms with Crippen LogP contribution in [0.25, 0.3) is 0 Å². The van der Waals surface area contributed by atoms with Crippen LogP contribution in [0.5, 0.6) is 0 Å². The minimum atomic E-state index is 0.476. The van der Waals surface area contributed by atoms with Gasteiger partial charge >= 0.3 is 0 Å². The first-order chi connectivity index (χ1) is 8.61. The first-order valence-electron chi connectivity index (χ1n) is 5.74. The Labute approximate surface area is 111 Å². The van der Waals surface area contributed by atoms with Crippen LogP contribution in [0, 0.1) is 13.8 Å². The molecule has 0 bridgehead atoms. The van der Waals surface area contributed by atoms with Gasteiger partial charge in [-0.05, 0) is 13.8 Å². The summed E-state index contributed by atoms with van der Waals surface area (Å²) in [5, 5.41) is 0. The lowest BCUT2D eigenvalue weighted by Crippen LogP contribution is -2.20. The summed E-state index contributed by atoms with van der Waals surface area (Å²) in [7, 11) is 1.98. The Hall–Kier alpha value is -1.53. The van der Waals surface area contributed by atoms with Crippen molar-refractivity contribution in [1.82, 2.24) is 15.0 Å². The summed E-state index contributed by atoms with van der Waals surface area (Å²) >= 11 is 1.66. The minimum absolute atomic E-state index is 0.476. The number of thiazole rings is 1. The van der Waals surface area contributed by atoms with Gasteiger partial charge in [-0.15, -0.1) is 11.3 Å². The molecule has 0 radical (unpaired) electrons. The van der Waals surface area contributed by atoms with Crippen LogP contribution in [-0.2, 0) is 13.1 Å². The molecule has 18 heavy (non-hydrogen) atoms. The molecule has 0 aromatic carbocycles. The van der Waals surface area contributed by atoms with Gasteiger partial charge in [0.05, 0.1) is 17.7 Å². The highest BCUT2D eigenvalue weighted by Gasteiger charge is 2.10. The molecule has 0 atom stereocenters. The molecule has 0 spiro atoms. The van der Waals surface area contributed by atoms with E-state index in [0.29, 0.717) is 6.54 Å². The molecule has 0 aliphatic carbocycles. The Balaban J connectivity index is 2.16. The molecule has 0 unspecified atom stereocenters. The molecule has 0 saturated heterocycles. The standard InChI is InChI=1S/C12H17N5S/c1-8-10(4-13)5-14-12(16-8)17(3)6-11-9(2)15-7-18-11/h5,7H,4,6,13H2,1-3H3. The van der Waals surface area contributed by atoms with E-state index in [9.17, 15) is 0 Å². The van der Waals surface area contributed by atoms with Crippen molar-refractivity contribution in [2.45, 2.75) is 26.9 Å². The summed E-state index contributed by atoms with van der Waals surface area (Å²) in [6.07, 6.45) is 1.80. The van der Waals surface area contributed by atoms with Crippen LogP contribution in [0.2, 0.25) is 0 Å². The van der Waals surface area contributed by atoms with E-state index in [2.05, 4.69) is 15.0 Å². The van der Waals surface area contributed by atoms with Crippen LogP contribution in [0.3, 0.4) is 0 Å². The van der Waals surface area contributed by atoms with Crippen LogP contribution in [0.4, 0.5) is 5.95 Å². The molecule has 2 aromatic rings. The second-order valence-corrected chi connectivity index (χ2v) is 5.14. The Morgan fingerprint density at radius 1 is 1.28 bits per heavy atom. The molecule has 2 N–H and O–H groups in total. The molecule has 2 aromatic heterocycles. The van der Waals surface area contributed by atoms with Crippen LogP contribution < -0.4 is 10.6 Å². The van der Waals surface area contributed by atoms with Gasteiger partial charge in [0.1, 0.15) is 0 Å². The van der Waals surface area contributed by atoms with Crippen LogP contribution in [0.15, 0.2) is 11.7 Å². The third kappa shape index (κ3) is 2.65. The maximum atomic E-state index is 5.61. The van der Waals surface area contributed by atoms with E-state index >= 15 is 0 Å². The first kappa shape index (κ1) is 12.9. The normalized spacial score (nSPS) is 10.7. The van der Waals surface area contributed by atoms with Crippen molar-refractivity contribution in [2.24, 2.45) is 5.73 Å². The van der Waals surface area contributed by atoms with Crippen LogP contribution in [0.1, 0.15) is 21.8 Å². The fourth-order valence-corrected chi connectivity index (χ4v) is 2.46. The van der Waals surface area contributed by atoms with Gasteiger partial charge in [0.25, 0.3) is 0 Å². The van der Waals surface area contributed by atoms with Crippen molar-refractivity contribution in [3.05, 3.63) is 33.5 Å². The van der Waals surface area contributed by atoms with Gasteiger partial charge in [-0.3, -0.25) is 0 Å². The molecule has 96 valence electrons. The smallest absolute Gasteiger partial charge is 0.225 e. The second kappa shape index (κ2) is 5.41. The summed E-state index contributed by atoms with van der Waals surface area (Å²) in [5.74, 6) is 0.720. The summed E-state index contributed by atoms with van der Waals surface area (Å²) in [4.78, 5) is 16.3. The van der Waals surface area contributed by atoms with Gasteiger partial charge < -0.3 is 10.6 Å². The zero-order valence-electron chi connectivity index (χ0n) is 10.8. The SMILES string of the molecule is Cc1nc(N(C)Cc2scnc2C)ncc1CN. The second-order valence-electron chi connectivity index (χ2n) is 4.20. The van der Waals surface area contributed by atoms with Gasteiger partial charge in [-0.25, -0.2) is 15.0 Å². The molecule has 2 heterocycles. The van der Waals surface area contributed by atoms with E-state index in [4.69, 9.17) is 5.73 Å². The van der Waals surface area contributed by atoms with Crippen molar-refractivity contribution in [1.29, 1.82) is 0 Å². The van der Waals surface area contributed by atoms with Crippen LogP contribution >= 0.6 is 11.3 Å². The molecule has 0 aliphatic rings. The van der Waals surface area contributed by atoms with E-state index in [1.807, 2.05) is 31.3 Å². The Bertz CT molecular complexity index is 537. The molecule has 0 saturated carbocycles. The lowest BCUT2D eigenvalue weighted by atomic mass is 10.2. The number of aryl methyl sites for hydroxylation is 2. The topological polar surface area (TPSA) is 67.9 Å². The zero-order chi connectivity index (χ0) is 13.1. The third-order valence-corrected chi connectivity index (χ3v) is 3.78. The molecule has 0 fully saturated rings. The maximum Gasteiger partial charge on any atom is 0.225 e. The Kier molecular flexibility index (Phi) is 3.88. The van der Waals surface area contributed by atoms with Crippen molar-refractivity contribution < 1.29 is 0 Å². The van der Waals surface area contributed by atoms with E-state index in [0.717, 1.165) is 29.4 Å². The average molecular weight is 263 g/mol. The number of hydrogen-bond acceptors (Lipinski definition) is 6. The molecule has 5 nitrogen and oxygen atoms in total. The predicted octanol–water partition coefficient (Wildman–Crippen LogP) is 1.65. The van der Waals surface area contributed by atoms with Crippen molar-refractivity contribution in [2.75, 3.05) is 11.9 Å². The van der Waals surface area contributed by atoms with Crippen LogP contribution in [-0.4, -0.2) is 22.0 Å². The van der Waals surface area contributed by atoms with E-state index in [1.54, 1.807) is 17.5 Å². The quantitative estimate of drug-likeness (QED) is 0.908. The fourth-order valence-electron chi connectivity index (χ4n) is 1.63. The van der Waals surface area contributed by atoms with Gasteiger partial charge in [0.2, 0.25) is 5.95 Å². The largest absolute Gasteiger partial charge is 0.339 e. The highest BCUT2D eigenvalue weighted by atomic mass is 32.1. The summed E-state index contributed by atoms with van der Waals surface area (Å²) < 4.78 is 0. The number of hydrogen-bond donors (Lipinski definition) is 1. The minimum Gasteiger partial charge on any atom is -0.339 e. The number of rotatable bonds is 4. The molecule has 0 amide bonds. The summed E-state index contributed by atoms with van der Waals surface area (Å²) in [6.45, 7) is 5.23. The highest BCUT2D eigenvalue weighted by Crippen LogP contribution is 2.17. The monoisotopic (exact) mass is 263 g/mol. The Morgan fingerprint density at radius 2 is 2.06 bits per heavy atom. The average Bonchev–Trinajstić information content (AvgIpc) is 2.75. The number of nitrogens with zero attached hydrogens (tertiary/aromatic N) is 4. The summed E-state index contributed by atoms with van der Waals surface area (Å²) in [5.41, 5.74) is 10.5. The van der Waals surface area contributed by atoms with Crippen molar-refractivity contribution in [3.8, 4) is 0 Å². The zero-order valence-corrected chi connectivity index (χ0v) is 11.7. The molecule has 6 heteroatoms. The lowest BCUT2D eigenvalue weighted by molar-refractivity contribution is 0.849. The fraction of sp³-hybridized carbons (Fsp3) is 0.417. The summed E-state index contributed by atoms with van der Waals surface area (Å²) in [6, 6.07) is 0. The lowest BCUT2D eigenvalue weighted by Gasteiger charge is -2.17. The van der Waals surface area contributed by atoms with E-state index in [1.165, 1.54) is 4.88 Å². The highest BCUT2D eigenvalue weighted by molar-refractivity contribution is 7.09. The van der Waals surface area contributed by atoms with Crippen molar-refractivity contribution in [3.63, 3.8) is 0 Å². The van der Waals surface area contributed by atoms with Gasteiger partial charge in [-0.1, -0.05) is 0 Å². The molecular weight excluding hydrogens is 246 g/mol. The molecular formula is C12H17N5S. The predicted molar refractivity (Wildman–Crippen MR) is 73.6 cm³/mol. The number of anilines is 1. The molecule has 0 aliphatic heterocycles. The first-order valence-corrected chi connectivity index (χ1v) is 6.62. The molecule has 2 rings (SSSR count). The van der Waals surface area contributed by atoms with Crippen molar-refractivity contribution >= 4 is 17.3 Å². The van der Waals surface area contributed by atoms with Gasteiger partial charge in [0, 0.05) is 35.9 Å². The van der Waals surface area contributed by atoms with Gasteiger partial charge in [0.15, 0.2) is 0 Å². The van der Waals surface area contributed by atoms with E-state index in [-0.39, 0.29) is 0 Å². The number of aromatic nitrogens is 3.